The fourth-order valence-corrected chi connectivity index (χ4v) is 3.94. The number of rotatable bonds is 7. The van der Waals surface area contributed by atoms with Crippen molar-refractivity contribution < 1.29 is 40.3 Å². The number of carbonyl (C=O) groups is 2. The van der Waals surface area contributed by atoms with Crippen molar-refractivity contribution in [2.75, 3.05) is 32.5 Å². The Kier molecular flexibility index (Phi) is 7.56. The summed E-state index contributed by atoms with van der Waals surface area (Å²) < 4.78 is 78.5. The molecule has 2 amide bonds. The Morgan fingerprint density at radius 1 is 1.29 bits per heavy atom. The zero-order valence-electron chi connectivity index (χ0n) is 16.0. The quantitative estimate of drug-likeness (QED) is 0.580. The molecule has 0 aliphatic carbocycles. The molecule has 31 heavy (non-hydrogen) atoms. The number of benzene rings is 1. The van der Waals surface area contributed by atoms with Crippen LogP contribution in [0, 0.1) is 5.82 Å². The van der Waals surface area contributed by atoms with Crippen LogP contribution >= 0.6 is 11.3 Å². The summed E-state index contributed by atoms with van der Waals surface area (Å²) in [6.45, 7) is 0.805. The molecular formula is C16H16F4N4O5S2. The second-order valence-electron chi connectivity index (χ2n) is 5.92. The highest BCUT2D eigenvalue weighted by Gasteiger charge is 2.48. The van der Waals surface area contributed by atoms with Crippen LogP contribution in [-0.4, -0.2) is 63.0 Å². The number of nitrogens with zero attached hydrogens (tertiary/aromatic N) is 2. The van der Waals surface area contributed by atoms with E-state index in [1.54, 1.807) is 7.05 Å². The monoisotopic (exact) mass is 484 g/mol. The average Bonchev–Trinajstić information content (AvgIpc) is 3.15. The molecule has 0 unspecified atom stereocenters. The van der Waals surface area contributed by atoms with E-state index in [4.69, 9.17) is 4.74 Å². The first-order chi connectivity index (χ1) is 14.4. The maximum atomic E-state index is 14.1. The Morgan fingerprint density at radius 2 is 1.97 bits per heavy atom. The van der Waals surface area contributed by atoms with Gasteiger partial charge >= 0.3 is 11.6 Å². The average molecular weight is 484 g/mol. The lowest BCUT2D eigenvalue weighted by Crippen LogP contribution is -2.34. The molecule has 9 nitrogen and oxygen atoms in total. The summed E-state index contributed by atoms with van der Waals surface area (Å²) in [5.74, 6) is -2.31. The van der Waals surface area contributed by atoms with E-state index < -0.39 is 48.1 Å². The zero-order valence-corrected chi connectivity index (χ0v) is 17.6. The number of alkyl halides is 3. The van der Waals surface area contributed by atoms with Gasteiger partial charge in [0, 0.05) is 20.1 Å². The van der Waals surface area contributed by atoms with Crippen LogP contribution in [0.4, 0.5) is 27.5 Å². The van der Waals surface area contributed by atoms with Crippen molar-refractivity contribution in [1.82, 2.24) is 15.2 Å². The summed E-state index contributed by atoms with van der Waals surface area (Å²) in [4.78, 5) is 28.9. The van der Waals surface area contributed by atoms with Gasteiger partial charge in [-0.25, -0.2) is 22.6 Å². The molecule has 15 heteroatoms. The van der Waals surface area contributed by atoms with Gasteiger partial charge in [0.1, 0.15) is 11.6 Å². The molecule has 2 rings (SSSR count). The van der Waals surface area contributed by atoms with Gasteiger partial charge in [-0.2, -0.15) is 13.2 Å². The smallest absolute Gasteiger partial charge is 0.410 e. The number of hydrogen-bond acceptors (Lipinski definition) is 8. The molecule has 0 fully saturated rings. The van der Waals surface area contributed by atoms with Crippen molar-refractivity contribution in [1.29, 1.82) is 0 Å². The van der Waals surface area contributed by atoms with Gasteiger partial charge in [-0.15, -0.1) is 0 Å². The second kappa shape index (κ2) is 9.57. The summed E-state index contributed by atoms with van der Waals surface area (Å²) >= 11 is 0.0505. The van der Waals surface area contributed by atoms with Gasteiger partial charge in [0.2, 0.25) is 0 Å². The fraction of sp³-hybridized carbons (Fsp3) is 0.312. The van der Waals surface area contributed by atoms with Gasteiger partial charge in [0.15, 0.2) is 9.34 Å². The summed E-state index contributed by atoms with van der Waals surface area (Å²) in [5, 5.41) is 4.35. The summed E-state index contributed by atoms with van der Waals surface area (Å²) in [6, 6.07) is 2.87. The number of halogens is 4. The molecule has 1 aromatic heterocycles. The van der Waals surface area contributed by atoms with E-state index in [9.17, 15) is 35.6 Å². The first-order valence-electron chi connectivity index (χ1n) is 8.32. The number of anilines is 1. The van der Waals surface area contributed by atoms with Crippen molar-refractivity contribution in [3.8, 4) is 5.75 Å². The Balaban J connectivity index is 2.16. The van der Waals surface area contributed by atoms with Gasteiger partial charge in [0.05, 0.1) is 11.8 Å². The molecular weight excluding hydrogens is 468 g/mol. The summed E-state index contributed by atoms with van der Waals surface area (Å²) in [7, 11) is -2.48. The van der Waals surface area contributed by atoms with E-state index in [-0.39, 0.29) is 17.1 Å². The van der Waals surface area contributed by atoms with Crippen molar-refractivity contribution in [3.05, 3.63) is 35.8 Å². The van der Waals surface area contributed by atoms with Crippen LogP contribution < -0.4 is 15.4 Å². The standard InChI is InChI=1S/C16H16F4N4O5S2/c1-21-5-6-24(2)15(26)29-9-3-4-11(17)10(7-9)13(25)23-14-22-8-12(30-14)31(27,28)16(18,19)20/h3-4,7-8,21H,5-6H2,1-2H3,(H,22,23,25). The van der Waals surface area contributed by atoms with E-state index in [1.807, 2.05) is 5.32 Å². The van der Waals surface area contributed by atoms with Crippen molar-refractivity contribution in [3.63, 3.8) is 0 Å². The number of ether oxygens (including phenoxy) is 1. The molecule has 0 radical (unpaired) electrons. The Labute approximate surface area is 177 Å². The fourth-order valence-electron chi connectivity index (χ4n) is 2.01. The second-order valence-corrected chi connectivity index (χ2v) is 9.12. The first kappa shape index (κ1) is 24.5. The zero-order chi connectivity index (χ0) is 23.4. The Bertz CT molecular complexity index is 1070. The van der Waals surface area contributed by atoms with Gasteiger partial charge < -0.3 is 15.0 Å². The number of nitrogens with one attached hydrogen (secondary N) is 2. The summed E-state index contributed by atoms with van der Waals surface area (Å²) in [5.41, 5.74) is -6.13. The molecule has 0 atom stereocenters. The third-order valence-electron chi connectivity index (χ3n) is 3.67. The third-order valence-corrected chi connectivity index (χ3v) is 6.53. The van der Waals surface area contributed by atoms with E-state index in [1.165, 1.54) is 11.9 Å². The highest BCUT2D eigenvalue weighted by atomic mass is 32.2. The van der Waals surface area contributed by atoms with E-state index in [0.717, 1.165) is 18.2 Å². The number of thiazole rings is 1. The van der Waals surface area contributed by atoms with Gasteiger partial charge in [-0.1, -0.05) is 11.3 Å². The number of amides is 2. The predicted molar refractivity (Wildman–Crippen MR) is 102 cm³/mol. The van der Waals surface area contributed by atoms with Crippen LogP contribution in [0.2, 0.25) is 0 Å². The third kappa shape index (κ3) is 5.89. The van der Waals surface area contributed by atoms with Crippen LogP contribution in [0.1, 0.15) is 10.4 Å². The SMILES string of the molecule is CNCCN(C)C(=O)Oc1ccc(F)c(C(=O)Nc2ncc(S(=O)(=O)C(F)(F)F)s2)c1. The lowest BCUT2D eigenvalue weighted by molar-refractivity contribution is -0.0434. The van der Waals surface area contributed by atoms with Gasteiger partial charge in [0.25, 0.3) is 15.7 Å². The minimum atomic E-state index is -5.64. The lowest BCUT2D eigenvalue weighted by Gasteiger charge is -2.16. The van der Waals surface area contributed by atoms with Crippen molar-refractivity contribution in [2.24, 2.45) is 0 Å². The molecule has 0 aliphatic rings. The topological polar surface area (TPSA) is 118 Å². The van der Waals surface area contributed by atoms with Crippen LogP contribution in [-0.2, 0) is 9.84 Å². The maximum absolute atomic E-state index is 14.1. The van der Waals surface area contributed by atoms with E-state index >= 15 is 0 Å². The number of aromatic nitrogens is 1. The number of likely N-dealkylation sites (N-methyl/N-ethyl adjacent to an activating group) is 2. The lowest BCUT2D eigenvalue weighted by atomic mass is 10.2. The Hall–Kier alpha value is -2.78. The predicted octanol–water partition coefficient (Wildman–Crippen LogP) is 2.48. The molecule has 0 aliphatic heterocycles. The molecule has 170 valence electrons. The normalized spacial score (nSPS) is 11.8. The number of carbonyl (C=O) groups excluding carboxylic acids is 2. The molecule has 1 heterocycles. The number of sulfone groups is 1. The maximum Gasteiger partial charge on any atom is 0.502 e. The van der Waals surface area contributed by atoms with Crippen LogP contribution in [0.5, 0.6) is 5.75 Å². The summed E-state index contributed by atoms with van der Waals surface area (Å²) in [6.07, 6.45) is -0.339. The minimum absolute atomic E-state index is 0.0505. The van der Waals surface area contributed by atoms with Gasteiger partial charge in [-0.3, -0.25) is 10.1 Å². The van der Waals surface area contributed by atoms with E-state index in [0.29, 0.717) is 19.3 Å². The molecule has 1 aromatic carbocycles. The molecule has 0 saturated carbocycles. The molecule has 0 bridgehead atoms. The molecule has 0 saturated heterocycles. The molecule has 0 spiro atoms. The van der Waals surface area contributed by atoms with Crippen LogP contribution in [0.3, 0.4) is 0 Å². The van der Waals surface area contributed by atoms with Gasteiger partial charge in [-0.05, 0) is 25.2 Å². The Morgan fingerprint density at radius 3 is 2.58 bits per heavy atom. The number of hydrogen-bond donors (Lipinski definition) is 2. The first-order valence-corrected chi connectivity index (χ1v) is 10.6. The molecule has 2 aromatic rings. The molecule has 2 N–H and O–H groups in total. The van der Waals surface area contributed by atoms with E-state index in [2.05, 4.69) is 10.3 Å². The van der Waals surface area contributed by atoms with Crippen LogP contribution in [0.25, 0.3) is 0 Å². The largest absolute Gasteiger partial charge is 0.502 e. The highest BCUT2D eigenvalue weighted by Crippen LogP contribution is 2.34. The minimum Gasteiger partial charge on any atom is -0.410 e. The van der Waals surface area contributed by atoms with Crippen LogP contribution in [0.15, 0.2) is 28.6 Å². The van der Waals surface area contributed by atoms with Crippen molar-refractivity contribution >= 4 is 38.3 Å². The van der Waals surface area contributed by atoms with Crippen molar-refractivity contribution in [2.45, 2.75) is 9.72 Å². The highest BCUT2D eigenvalue weighted by molar-refractivity contribution is 7.94.